The third-order valence-electron chi connectivity index (χ3n) is 4.65. The minimum atomic E-state index is -4.45. The van der Waals surface area contributed by atoms with Crippen LogP contribution in [-0.4, -0.2) is 42.0 Å². The molecular weight excluding hydrogens is 412 g/mol. The summed E-state index contributed by atoms with van der Waals surface area (Å²) < 4.78 is 75.5. The lowest BCUT2D eigenvalue weighted by molar-refractivity contribution is -0.138. The second kappa shape index (κ2) is 8.37. The topological polar surface area (TPSA) is 36.4 Å². The molecule has 1 fully saturated rings. The van der Waals surface area contributed by atoms with Crippen LogP contribution in [0, 0.1) is 0 Å². The number of carbonyl (C=O) groups is 1. The SMILES string of the molecule is O=C(/C=C/c1ccc(C(F)(F)F)cc1)N1CCN(c2ccc(C(F)(F)F)cn2)CC1. The van der Waals surface area contributed by atoms with Gasteiger partial charge in [-0.25, -0.2) is 4.98 Å². The van der Waals surface area contributed by atoms with Crippen molar-refractivity contribution in [1.29, 1.82) is 0 Å². The molecule has 10 heteroatoms. The summed E-state index contributed by atoms with van der Waals surface area (Å²) in [6.07, 6.45) is -5.36. The van der Waals surface area contributed by atoms with Crippen LogP contribution >= 0.6 is 0 Å². The Kier molecular flexibility index (Phi) is 6.04. The van der Waals surface area contributed by atoms with Gasteiger partial charge in [0.2, 0.25) is 5.91 Å². The lowest BCUT2D eigenvalue weighted by atomic mass is 10.1. The van der Waals surface area contributed by atoms with Gasteiger partial charge in [-0.2, -0.15) is 26.3 Å². The monoisotopic (exact) mass is 429 g/mol. The molecule has 160 valence electrons. The zero-order chi connectivity index (χ0) is 21.9. The van der Waals surface area contributed by atoms with E-state index in [-0.39, 0.29) is 5.91 Å². The predicted molar refractivity (Wildman–Crippen MR) is 98.5 cm³/mol. The van der Waals surface area contributed by atoms with E-state index in [2.05, 4.69) is 4.98 Å². The summed E-state index contributed by atoms with van der Waals surface area (Å²) in [5.41, 5.74) is -1.13. The number of nitrogens with zero attached hydrogens (tertiary/aromatic N) is 3. The average molecular weight is 429 g/mol. The van der Waals surface area contributed by atoms with Crippen LogP contribution < -0.4 is 4.90 Å². The standard InChI is InChI=1S/C20H17F6N3O/c21-19(22,23)15-4-1-14(2-5-15)3-8-18(30)29-11-9-28(10-12-29)17-7-6-16(13-27-17)20(24,25)26/h1-8,13H,9-12H2/b8-3+. The Labute approximate surface area is 168 Å². The summed E-state index contributed by atoms with van der Waals surface area (Å²) in [6.45, 7) is 1.49. The number of hydrogen-bond donors (Lipinski definition) is 0. The number of pyridine rings is 1. The fraction of sp³-hybridized carbons (Fsp3) is 0.300. The van der Waals surface area contributed by atoms with Gasteiger partial charge in [0.15, 0.2) is 0 Å². The first-order chi connectivity index (χ1) is 14.0. The second-order valence-electron chi connectivity index (χ2n) is 6.67. The Morgan fingerprint density at radius 1 is 0.833 bits per heavy atom. The number of amides is 1. The number of aromatic nitrogens is 1. The molecule has 0 unspecified atom stereocenters. The van der Waals surface area contributed by atoms with Gasteiger partial charge >= 0.3 is 12.4 Å². The van der Waals surface area contributed by atoms with E-state index in [0.29, 0.717) is 37.6 Å². The maximum absolute atomic E-state index is 12.6. The smallest absolute Gasteiger partial charge is 0.353 e. The van der Waals surface area contributed by atoms with Crippen molar-refractivity contribution in [2.24, 2.45) is 0 Å². The molecule has 0 N–H and O–H groups in total. The van der Waals surface area contributed by atoms with Crippen molar-refractivity contribution < 1.29 is 31.1 Å². The van der Waals surface area contributed by atoms with Crippen molar-refractivity contribution in [3.63, 3.8) is 0 Å². The van der Waals surface area contributed by atoms with E-state index in [1.54, 1.807) is 9.80 Å². The molecule has 1 amide bonds. The molecule has 0 bridgehead atoms. The minimum Gasteiger partial charge on any atom is -0.353 e. The van der Waals surface area contributed by atoms with E-state index in [4.69, 9.17) is 0 Å². The Morgan fingerprint density at radius 3 is 1.90 bits per heavy atom. The fourth-order valence-corrected chi connectivity index (χ4v) is 2.95. The van der Waals surface area contributed by atoms with Crippen molar-refractivity contribution in [3.8, 4) is 0 Å². The zero-order valence-corrected chi connectivity index (χ0v) is 15.5. The number of alkyl halides is 6. The molecule has 1 aliphatic rings. The average Bonchev–Trinajstić information content (AvgIpc) is 2.71. The Balaban J connectivity index is 1.54. The van der Waals surface area contributed by atoms with Gasteiger partial charge in [0.25, 0.3) is 0 Å². The zero-order valence-electron chi connectivity index (χ0n) is 15.5. The van der Waals surface area contributed by atoms with Gasteiger partial charge in [-0.3, -0.25) is 4.79 Å². The summed E-state index contributed by atoms with van der Waals surface area (Å²) in [6, 6.07) is 6.71. The Hall–Kier alpha value is -3.04. The molecule has 0 atom stereocenters. The lowest BCUT2D eigenvalue weighted by Gasteiger charge is -2.35. The van der Waals surface area contributed by atoms with Gasteiger partial charge in [-0.05, 0) is 35.9 Å². The quantitative estimate of drug-likeness (QED) is 0.533. The molecule has 0 aliphatic carbocycles. The number of halogens is 6. The van der Waals surface area contributed by atoms with E-state index < -0.39 is 23.5 Å². The number of anilines is 1. The molecule has 2 aromatic rings. The number of benzene rings is 1. The highest BCUT2D eigenvalue weighted by Gasteiger charge is 2.31. The van der Waals surface area contributed by atoms with Crippen LogP contribution in [0.1, 0.15) is 16.7 Å². The summed E-state index contributed by atoms with van der Waals surface area (Å²) in [7, 11) is 0. The molecule has 1 saturated heterocycles. The van der Waals surface area contributed by atoms with Crippen LogP contribution in [0.25, 0.3) is 6.08 Å². The molecule has 1 aromatic heterocycles. The van der Waals surface area contributed by atoms with Crippen molar-refractivity contribution in [2.75, 3.05) is 31.1 Å². The first-order valence-electron chi connectivity index (χ1n) is 8.96. The van der Waals surface area contributed by atoms with E-state index in [1.807, 2.05) is 0 Å². The molecule has 0 spiro atoms. The van der Waals surface area contributed by atoms with Gasteiger partial charge < -0.3 is 9.80 Å². The highest BCUT2D eigenvalue weighted by molar-refractivity contribution is 5.92. The van der Waals surface area contributed by atoms with Crippen LogP contribution in [0.15, 0.2) is 48.7 Å². The summed E-state index contributed by atoms with van der Waals surface area (Å²) in [5.74, 6) is 0.102. The molecule has 30 heavy (non-hydrogen) atoms. The largest absolute Gasteiger partial charge is 0.417 e. The van der Waals surface area contributed by atoms with Gasteiger partial charge in [-0.15, -0.1) is 0 Å². The highest BCUT2D eigenvalue weighted by atomic mass is 19.4. The second-order valence-corrected chi connectivity index (χ2v) is 6.67. The van der Waals surface area contributed by atoms with Crippen molar-refractivity contribution in [2.45, 2.75) is 12.4 Å². The van der Waals surface area contributed by atoms with Gasteiger partial charge in [-0.1, -0.05) is 12.1 Å². The number of piperazine rings is 1. The molecule has 3 rings (SSSR count). The molecule has 0 radical (unpaired) electrons. The predicted octanol–water partition coefficient (Wildman–Crippen LogP) is 4.48. The normalized spacial score (nSPS) is 15.7. The third-order valence-corrected chi connectivity index (χ3v) is 4.65. The molecule has 4 nitrogen and oxygen atoms in total. The Morgan fingerprint density at radius 2 is 1.40 bits per heavy atom. The minimum absolute atomic E-state index is 0.296. The molecule has 0 saturated carbocycles. The van der Waals surface area contributed by atoms with E-state index in [9.17, 15) is 31.1 Å². The summed E-state index contributed by atoms with van der Waals surface area (Å²) in [5, 5.41) is 0. The summed E-state index contributed by atoms with van der Waals surface area (Å²) in [4.78, 5) is 19.5. The molecule has 1 aliphatic heterocycles. The van der Waals surface area contributed by atoms with Crippen molar-refractivity contribution in [1.82, 2.24) is 9.88 Å². The molecule has 2 heterocycles. The highest BCUT2D eigenvalue weighted by Crippen LogP contribution is 2.30. The third kappa shape index (κ3) is 5.31. The molecule has 1 aromatic carbocycles. The Bertz CT molecular complexity index is 896. The van der Waals surface area contributed by atoms with Gasteiger partial charge in [0, 0.05) is 38.5 Å². The maximum atomic E-state index is 12.6. The van der Waals surface area contributed by atoms with E-state index in [1.165, 1.54) is 30.4 Å². The van der Waals surface area contributed by atoms with Crippen LogP contribution in [0.4, 0.5) is 32.2 Å². The van der Waals surface area contributed by atoms with E-state index in [0.717, 1.165) is 24.4 Å². The molecular formula is C20H17F6N3O. The number of hydrogen-bond acceptors (Lipinski definition) is 3. The van der Waals surface area contributed by atoms with Crippen LogP contribution in [0.3, 0.4) is 0 Å². The first-order valence-corrected chi connectivity index (χ1v) is 8.96. The number of carbonyl (C=O) groups excluding carboxylic acids is 1. The van der Waals surface area contributed by atoms with Crippen molar-refractivity contribution >= 4 is 17.8 Å². The van der Waals surface area contributed by atoms with Crippen LogP contribution in [-0.2, 0) is 17.1 Å². The van der Waals surface area contributed by atoms with Crippen LogP contribution in [0.5, 0.6) is 0 Å². The van der Waals surface area contributed by atoms with Gasteiger partial charge in [0.05, 0.1) is 11.1 Å². The van der Waals surface area contributed by atoms with Gasteiger partial charge in [0.1, 0.15) is 5.82 Å². The lowest BCUT2D eigenvalue weighted by Crippen LogP contribution is -2.48. The van der Waals surface area contributed by atoms with E-state index >= 15 is 0 Å². The maximum Gasteiger partial charge on any atom is 0.417 e. The number of rotatable bonds is 3. The first kappa shape index (κ1) is 21.7. The fourth-order valence-electron chi connectivity index (χ4n) is 2.95. The van der Waals surface area contributed by atoms with Crippen LogP contribution in [0.2, 0.25) is 0 Å². The summed E-state index contributed by atoms with van der Waals surface area (Å²) >= 11 is 0. The van der Waals surface area contributed by atoms with Crippen molar-refractivity contribution in [3.05, 3.63) is 65.4 Å².